The van der Waals surface area contributed by atoms with Crippen LogP contribution in [0.4, 0.5) is 0 Å². The highest BCUT2D eigenvalue weighted by Crippen LogP contribution is 2.28. The first-order valence-corrected chi connectivity index (χ1v) is 6.86. The minimum atomic E-state index is 0.440. The Bertz CT molecular complexity index is 592. The van der Waals surface area contributed by atoms with Crippen molar-refractivity contribution in [3.05, 3.63) is 34.3 Å². The van der Waals surface area contributed by atoms with Crippen LogP contribution < -0.4 is 5.73 Å². The molecular weight excluding hydrogens is 258 g/mol. The van der Waals surface area contributed by atoms with Crippen molar-refractivity contribution in [2.24, 2.45) is 5.73 Å². The molecule has 0 aromatic carbocycles. The second kappa shape index (κ2) is 5.63. The van der Waals surface area contributed by atoms with E-state index in [2.05, 4.69) is 20.2 Å². The molecule has 100 valence electrons. The topological polar surface area (TPSA) is 77.6 Å². The van der Waals surface area contributed by atoms with Crippen molar-refractivity contribution < 1.29 is 0 Å². The number of hydrogen-bond donors (Lipinski definition) is 1. The molecule has 0 unspecified atom stereocenters. The third-order valence-electron chi connectivity index (χ3n) is 2.90. The van der Waals surface area contributed by atoms with Crippen LogP contribution in [0.1, 0.15) is 28.2 Å². The van der Waals surface area contributed by atoms with E-state index in [9.17, 15) is 0 Å². The van der Waals surface area contributed by atoms with Gasteiger partial charge in [0.05, 0.1) is 5.69 Å². The minimum absolute atomic E-state index is 0.440. The van der Waals surface area contributed by atoms with Gasteiger partial charge in [-0.2, -0.15) is 5.10 Å². The summed E-state index contributed by atoms with van der Waals surface area (Å²) in [6, 6.07) is 1.94. The van der Waals surface area contributed by atoms with Crippen LogP contribution in [0.2, 0.25) is 0 Å². The Morgan fingerprint density at radius 3 is 2.26 bits per heavy atom. The fourth-order valence-corrected chi connectivity index (χ4v) is 2.78. The Morgan fingerprint density at radius 2 is 1.68 bits per heavy atom. The smallest absolute Gasteiger partial charge is 0.194 e. The van der Waals surface area contributed by atoms with Gasteiger partial charge in [0.1, 0.15) is 5.03 Å². The predicted octanol–water partition coefficient (Wildman–Crippen LogP) is 2.11. The van der Waals surface area contributed by atoms with Crippen molar-refractivity contribution in [2.45, 2.75) is 44.4 Å². The molecule has 2 heterocycles. The second-order valence-electron chi connectivity index (χ2n) is 4.43. The zero-order valence-corrected chi connectivity index (χ0v) is 12.4. The van der Waals surface area contributed by atoms with Gasteiger partial charge in [-0.05, 0) is 51.1 Å². The molecule has 0 saturated carbocycles. The maximum absolute atomic E-state index is 5.81. The third-order valence-corrected chi connectivity index (χ3v) is 3.78. The second-order valence-corrected chi connectivity index (χ2v) is 5.39. The molecule has 2 aromatic heterocycles. The highest BCUT2D eigenvalue weighted by Gasteiger charge is 2.13. The lowest BCUT2D eigenvalue weighted by atomic mass is 10.1. The lowest BCUT2D eigenvalue weighted by molar-refractivity contribution is 0.817. The largest absolute Gasteiger partial charge is 0.326 e. The monoisotopic (exact) mass is 275 g/mol. The van der Waals surface area contributed by atoms with Gasteiger partial charge >= 0.3 is 0 Å². The van der Waals surface area contributed by atoms with Crippen molar-refractivity contribution in [3.63, 3.8) is 0 Å². The SMILES string of the molecule is Cc1cc(C)nc(Sc2nnc(C)c(C)c2CN)n1. The van der Waals surface area contributed by atoms with Crippen LogP contribution in [0.15, 0.2) is 16.2 Å². The molecule has 2 rings (SSSR count). The van der Waals surface area contributed by atoms with Crippen LogP contribution >= 0.6 is 11.8 Å². The van der Waals surface area contributed by atoms with Gasteiger partial charge in [0.2, 0.25) is 0 Å². The molecule has 0 spiro atoms. The van der Waals surface area contributed by atoms with Gasteiger partial charge in [-0.1, -0.05) is 0 Å². The number of nitrogens with zero attached hydrogens (tertiary/aromatic N) is 4. The molecule has 6 heteroatoms. The molecule has 0 fully saturated rings. The molecule has 0 atom stereocenters. The summed E-state index contributed by atoms with van der Waals surface area (Å²) >= 11 is 1.41. The molecule has 0 aliphatic rings. The molecule has 2 N–H and O–H groups in total. The van der Waals surface area contributed by atoms with Gasteiger partial charge in [-0.3, -0.25) is 0 Å². The van der Waals surface area contributed by atoms with Gasteiger partial charge < -0.3 is 5.73 Å². The first-order chi connectivity index (χ1) is 9.01. The highest BCUT2D eigenvalue weighted by molar-refractivity contribution is 7.99. The average Bonchev–Trinajstić information content (AvgIpc) is 2.33. The van der Waals surface area contributed by atoms with Crippen LogP contribution in [-0.4, -0.2) is 20.2 Å². The van der Waals surface area contributed by atoms with E-state index >= 15 is 0 Å². The summed E-state index contributed by atoms with van der Waals surface area (Å²) in [6.45, 7) is 8.29. The van der Waals surface area contributed by atoms with E-state index in [0.717, 1.165) is 33.2 Å². The Balaban J connectivity index is 2.40. The van der Waals surface area contributed by atoms with E-state index in [1.54, 1.807) is 0 Å². The quantitative estimate of drug-likeness (QED) is 0.864. The van der Waals surface area contributed by atoms with Crippen LogP contribution in [0.5, 0.6) is 0 Å². The normalized spacial score (nSPS) is 10.8. The predicted molar refractivity (Wildman–Crippen MR) is 75.0 cm³/mol. The fraction of sp³-hybridized carbons (Fsp3) is 0.385. The summed E-state index contributed by atoms with van der Waals surface area (Å²) in [5.74, 6) is 0. The van der Waals surface area contributed by atoms with Gasteiger partial charge in [0, 0.05) is 23.5 Å². The molecule has 0 saturated heterocycles. The van der Waals surface area contributed by atoms with Gasteiger partial charge in [0.15, 0.2) is 5.16 Å². The Morgan fingerprint density at radius 1 is 1.05 bits per heavy atom. The highest BCUT2D eigenvalue weighted by atomic mass is 32.2. The minimum Gasteiger partial charge on any atom is -0.326 e. The lowest BCUT2D eigenvalue weighted by Gasteiger charge is -2.10. The fourth-order valence-electron chi connectivity index (χ4n) is 1.78. The molecule has 0 aliphatic heterocycles. The van der Waals surface area contributed by atoms with Crippen LogP contribution in [0.3, 0.4) is 0 Å². The van der Waals surface area contributed by atoms with E-state index in [-0.39, 0.29) is 0 Å². The molecule has 0 radical (unpaired) electrons. The number of hydrogen-bond acceptors (Lipinski definition) is 6. The van der Waals surface area contributed by atoms with Crippen LogP contribution in [0.25, 0.3) is 0 Å². The number of aromatic nitrogens is 4. The molecule has 0 bridgehead atoms. The molecule has 0 amide bonds. The van der Waals surface area contributed by atoms with Gasteiger partial charge in [0.25, 0.3) is 0 Å². The Kier molecular flexibility index (Phi) is 4.11. The van der Waals surface area contributed by atoms with E-state index in [1.165, 1.54) is 11.8 Å². The van der Waals surface area contributed by atoms with E-state index in [4.69, 9.17) is 5.73 Å². The van der Waals surface area contributed by atoms with Crippen molar-refractivity contribution in [1.82, 2.24) is 20.2 Å². The van der Waals surface area contributed by atoms with E-state index < -0.39 is 0 Å². The summed E-state index contributed by atoms with van der Waals surface area (Å²) in [6.07, 6.45) is 0. The maximum atomic E-state index is 5.81. The molecule has 19 heavy (non-hydrogen) atoms. The van der Waals surface area contributed by atoms with E-state index in [0.29, 0.717) is 11.7 Å². The first-order valence-electron chi connectivity index (χ1n) is 6.04. The molecule has 5 nitrogen and oxygen atoms in total. The number of aryl methyl sites for hydroxylation is 3. The van der Waals surface area contributed by atoms with Gasteiger partial charge in [-0.25, -0.2) is 9.97 Å². The maximum Gasteiger partial charge on any atom is 0.194 e. The Labute approximate surface area is 117 Å². The molecule has 2 aromatic rings. The standard InChI is InChI=1S/C13H17N5S/c1-7-5-8(2)16-13(15-7)19-12-11(6-14)9(3)10(4)17-18-12/h5H,6,14H2,1-4H3. The zero-order chi connectivity index (χ0) is 14.0. The molecular formula is C13H17N5S. The number of rotatable bonds is 3. The summed E-state index contributed by atoms with van der Waals surface area (Å²) in [4.78, 5) is 8.80. The Hall–Kier alpha value is -1.53. The average molecular weight is 275 g/mol. The summed E-state index contributed by atoms with van der Waals surface area (Å²) < 4.78 is 0. The van der Waals surface area contributed by atoms with Crippen LogP contribution in [0, 0.1) is 27.7 Å². The van der Waals surface area contributed by atoms with E-state index in [1.807, 2.05) is 33.8 Å². The number of nitrogens with two attached hydrogens (primary N) is 1. The van der Waals surface area contributed by atoms with Crippen molar-refractivity contribution in [1.29, 1.82) is 0 Å². The van der Waals surface area contributed by atoms with Crippen molar-refractivity contribution >= 4 is 11.8 Å². The third kappa shape index (κ3) is 3.08. The summed E-state index contributed by atoms with van der Waals surface area (Å²) in [5, 5.41) is 9.84. The van der Waals surface area contributed by atoms with Crippen molar-refractivity contribution in [2.75, 3.05) is 0 Å². The van der Waals surface area contributed by atoms with Crippen molar-refractivity contribution in [3.8, 4) is 0 Å². The lowest BCUT2D eigenvalue weighted by Crippen LogP contribution is -2.07. The summed E-state index contributed by atoms with van der Waals surface area (Å²) in [5.41, 5.74) is 10.7. The van der Waals surface area contributed by atoms with Crippen LogP contribution in [-0.2, 0) is 6.54 Å². The summed E-state index contributed by atoms with van der Waals surface area (Å²) in [7, 11) is 0. The first kappa shape index (κ1) is 13.9. The molecule has 0 aliphatic carbocycles. The van der Waals surface area contributed by atoms with Gasteiger partial charge in [-0.15, -0.1) is 5.10 Å². The zero-order valence-electron chi connectivity index (χ0n) is 11.6.